The maximum atomic E-state index is 5.34. The van der Waals surface area contributed by atoms with E-state index in [2.05, 4.69) is 20.6 Å². The molecule has 4 rings (SSSR count). The molecule has 6 nitrogen and oxygen atoms in total. The van der Waals surface area contributed by atoms with E-state index in [0.717, 1.165) is 21.9 Å². The SMILES string of the molecule is c1ccc(-c2nnn(Cc3cc(-c4cccs4)on3)n2)cc1. The van der Waals surface area contributed by atoms with Crippen LogP contribution >= 0.6 is 11.3 Å². The highest BCUT2D eigenvalue weighted by Crippen LogP contribution is 2.25. The smallest absolute Gasteiger partial charge is 0.204 e. The summed E-state index contributed by atoms with van der Waals surface area (Å²) in [5.41, 5.74) is 1.70. The summed E-state index contributed by atoms with van der Waals surface area (Å²) in [5, 5.41) is 18.5. The third kappa shape index (κ3) is 2.53. The molecule has 0 aliphatic rings. The van der Waals surface area contributed by atoms with Crippen LogP contribution in [0, 0.1) is 0 Å². The van der Waals surface area contributed by atoms with Crippen molar-refractivity contribution in [2.75, 3.05) is 0 Å². The second kappa shape index (κ2) is 5.53. The number of thiophene rings is 1. The highest BCUT2D eigenvalue weighted by molar-refractivity contribution is 7.13. The monoisotopic (exact) mass is 309 g/mol. The zero-order chi connectivity index (χ0) is 14.8. The molecule has 1 aromatic carbocycles. The number of benzene rings is 1. The molecule has 0 saturated heterocycles. The molecular formula is C15H11N5OS. The maximum Gasteiger partial charge on any atom is 0.204 e. The van der Waals surface area contributed by atoms with Crippen LogP contribution in [-0.2, 0) is 6.54 Å². The van der Waals surface area contributed by atoms with Crippen molar-refractivity contribution in [1.29, 1.82) is 0 Å². The Morgan fingerprint density at radius 3 is 2.82 bits per heavy atom. The Morgan fingerprint density at radius 2 is 2.00 bits per heavy atom. The fourth-order valence-corrected chi connectivity index (χ4v) is 2.75. The van der Waals surface area contributed by atoms with Gasteiger partial charge in [-0.3, -0.25) is 0 Å². The van der Waals surface area contributed by atoms with Crippen molar-refractivity contribution >= 4 is 11.3 Å². The van der Waals surface area contributed by atoms with Gasteiger partial charge in [-0.05, 0) is 16.7 Å². The Hall–Kier alpha value is -2.80. The molecule has 0 bridgehead atoms. The first kappa shape index (κ1) is 12.9. The van der Waals surface area contributed by atoms with Crippen LogP contribution in [0.3, 0.4) is 0 Å². The summed E-state index contributed by atoms with van der Waals surface area (Å²) in [4.78, 5) is 2.56. The minimum absolute atomic E-state index is 0.425. The van der Waals surface area contributed by atoms with E-state index in [0.29, 0.717) is 12.4 Å². The third-order valence-corrected chi connectivity index (χ3v) is 4.00. The fraction of sp³-hybridized carbons (Fsp3) is 0.0667. The summed E-state index contributed by atoms with van der Waals surface area (Å²) in [6.07, 6.45) is 0. The molecule has 0 saturated carbocycles. The number of hydrogen-bond acceptors (Lipinski definition) is 6. The number of rotatable bonds is 4. The Bertz CT molecular complexity index is 866. The quantitative estimate of drug-likeness (QED) is 0.579. The number of hydrogen-bond donors (Lipinski definition) is 0. The molecule has 3 aromatic heterocycles. The molecule has 3 heterocycles. The summed E-state index contributed by atoms with van der Waals surface area (Å²) in [5.74, 6) is 1.36. The van der Waals surface area contributed by atoms with Gasteiger partial charge in [0, 0.05) is 11.6 Å². The molecule has 22 heavy (non-hydrogen) atoms. The molecule has 0 aliphatic heterocycles. The molecule has 0 atom stereocenters. The maximum absolute atomic E-state index is 5.34. The van der Waals surface area contributed by atoms with E-state index < -0.39 is 0 Å². The van der Waals surface area contributed by atoms with Gasteiger partial charge in [0.25, 0.3) is 0 Å². The topological polar surface area (TPSA) is 69.6 Å². The van der Waals surface area contributed by atoms with Crippen LogP contribution < -0.4 is 0 Å². The Labute approximate surface area is 130 Å². The minimum Gasteiger partial charge on any atom is -0.355 e. The van der Waals surface area contributed by atoms with Gasteiger partial charge < -0.3 is 4.52 Å². The minimum atomic E-state index is 0.425. The normalized spacial score (nSPS) is 10.9. The van der Waals surface area contributed by atoms with Crippen LogP contribution in [0.1, 0.15) is 5.69 Å². The molecule has 0 amide bonds. The van der Waals surface area contributed by atoms with Crippen LogP contribution in [0.15, 0.2) is 58.4 Å². The summed E-state index contributed by atoms with van der Waals surface area (Å²) < 4.78 is 5.34. The first-order valence-electron chi connectivity index (χ1n) is 6.71. The van der Waals surface area contributed by atoms with E-state index in [1.165, 1.54) is 4.80 Å². The van der Waals surface area contributed by atoms with Crippen molar-refractivity contribution in [3.05, 3.63) is 59.6 Å². The molecule has 4 aromatic rings. The van der Waals surface area contributed by atoms with Gasteiger partial charge in [-0.15, -0.1) is 21.5 Å². The van der Waals surface area contributed by atoms with Crippen molar-refractivity contribution in [1.82, 2.24) is 25.4 Å². The van der Waals surface area contributed by atoms with E-state index >= 15 is 0 Å². The van der Waals surface area contributed by atoms with Gasteiger partial charge in [-0.2, -0.15) is 4.80 Å². The van der Waals surface area contributed by atoms with Crippen LogP contribution in [0.4, 0.5) is 0 Å². The van der Waals surface area contributed by atoms with E-state index in [-0.39, 0.29) is 0 Å². The molecule has 7 heteroatoms. The molecule has 0 fully saturated rings. The lowest BCUT2D eigenvalue weighted by atomic mass is 10.2. The molecule has 0 N–H and O–H groups in total. The average Bonchev–Trinajstić information content (AvgIpc) is 3.30. The predicted octanol–water partition coefficient (Wildman–Crippen LogP) is 3.10. The van der Waals surface area contributed by atoms with Crippen LogP contribution in [0.5, 0.6) is 0 Å². The summed E-state index contributed by atoms with van der Waals surface area (Å²) in [6.45, 7) is 0.425. The Kier molecular flexibility index (Phi) is 3.24. The standard InChI is InChI=1S/C15H11N5OS/c1-2-5-11(6-3-1)15-16-19-20(17-15)10-12-9-13(21-18-12)14-7-4-8-22-14/h1-9H,10H2. The van der Waals surface area contributed by atoms with Crippen LogP contribution in [-0.4, -0.2) is 25.4 Å². The Balaban J connectivity index is 1.54. The second-order valence-electron chi connectivity index (χ2n) is 4.67. The van der Waals surface area contributed by atoms with Crippen LogP contribution in [0.2, 0.25) is 0 Å². The first-order chi connectivity index (χ1) is 10.9. The predicted molar refractivity (Wildman–Crippen MR) is 82.2 cm³/mol. The van der Waals surface area contributed by atoms with Gasteiger partial charge in [-0.1, -0.05) is 41.6 Å². The zero-order valence-electron chi connectivity index (χ0n) is 11.5. The summed E-state index contributed by atoms with van der Waals surface area (Å²) >= 11 is 1.61. The third-order valence-electron chi connectivity index (χ3n) is 3.11. The first-order valence-corrected chi connectivity index (χ1v) is 7.59. The zero-order valence-corrected chi connectivity index (χ0v) is 12.3. The van der Waals surface area contributed by atoms with E-state index in [1.807, 2.05) is 53.9 Å². The number of aromatic nitrogens is 5. The van der Waals surface area contributed by atoms with E-state index in [1.54, 1.807) is 11.3 Å². The largest absolute Gasteiger partial charge is 0.355 e. The summed E-state index contributed by atoms with van der Waals surface area (Å²) in [7, 11) is 0. The van der Waals surface area contributed by atoms with Gasteiger partial charge in [-0.25, -0.2) is 0 Å². The van der Waals surface area contributed by atoms with Crippen molar-refractivity contribution in [2.45, 2.75) is 6.54 Å². The Morgan fingerprint density at radius 1 is 1.09 bits per heavy atom. The molecule has 0 aliphatic carbocycles. The van der Waals surface area contributed by atoms with Gasteiger partial charge >= 0.3 is 0 Å². The number of nitrogens with zero attached hydrogens (tertiary/aromatic N) is 5. The van der Waals surface area contributed by atoms with E-state index in [9.17, 15) is 0 Å². The number of tetrazole rings is 1. The lowest BCUT2D eigenvalue weighted by Gasteiger charge is -1.93. The molecular weight excluding hydrogens is 298 g/mol. The molecule has 0 spiro atoms. The van der Waals surface area contributed by atoms with Crippen molar-refractivity contribution < 1.29 is 4.52 Å². The second-order valence-corrected chi connectivity index (χ2v) is 5.62. The van der Waals surface area contributed by atoms with Gasteiger partial charge in [0.2, 0.25) is 5.82 Å². The van der Waals surface area contributed by atoms with Gasteiger partial charge in [0.1, 0.15) is 12.2 Å². The lowest BCUT2D eigenvalue weighted by Crippen LogP contribution is -2.04. The summed E-state index contributed by atoms with van der Waals surface area (Å²) in [6, 6.07) is 15.6. The van der Waals surface area contributed by atoms with Crippen LogP contribution in [0.25, 0.3) is 22.0 Å². The highest BCUT2D eigenvalue weighted by atomic mass is 32.1. The van der Waals surface area contributed by atoms with Crippen molar-refractivity contribution in [2.24, 2.45) is 0 Å². The van der Waals surface area contributed by atoms with E-state index in [4.69, 9.17) is 4.52 Å². The highest BCUT2D eigenvalue weighted by Gasteiger charge is 2.10. The van der Waals surface area contributed by atoms with Crippen molar-refractivity contribution in [3.63, 3.8) is 0 Å². The molecule has 108 valence electrons. The molecule has 0 radical (unpaired) electrons. The average molecular weight is 309 g/mol. The van der Waals surface area contributed by atoms with Crippen molar-refractivity contribution in [3.8, 4) is 22.0 Å². The molecule has 0 unspecified atom stereocenters. The van der Waals surface area contributed by atoms with Gasteiger partial charge in [0.05, 0.1) is 4.88 Å². The van der Waals surface area contributed by atoms with Gasteiger partial charge in [0.15, 0.2) is 5.76 Å². The lowest BCUT2D eigenvalue weighted by molar-refractivity contribution is 0.416. The fourth-order valence-electron chi connectivity index (χ4n) is 2.08.